The number of aromatic amines is 1. The molecule has 0 amide bonds. The lowest BCUT2D eigenvalue weighted by Crippen LogP contribution is -2.31. The Morgan fingerprint density at radius 1 is 1.20 bits per heavy atom. The number of rotatable bonds is 3. The van der Waals surface area contributed by atoms with Gasteiger partial charge < -0.3 is 20.7 Å². The number of H-pyrrole nitrogens is 1. The molecule has 0 radical (unpaired) electrons. The Balaban J connectivity index is 2.15. The predicted octanol–water partition coefficient (Wildman–Crippen LogP) is 2.83. The van der Waals surface area contributed by atoms with Gasteiger partial charge in [-0.15, -0.1) is 0 Å². The molecule has 0 saturated carbocycles. The van der Waals surface area contributed by atoms with Gasteiger partial charge in [0.2, 0.25) is 0 Å². The number of hydrogen-bond donors (Lipinski definition) is 3. The molecule has 0 aliphatic heterocycles. The van der Waals surface area contributed by atoms with Gasteiger partial charge in [-0.05, 0) is 25.1 Å². The zero-order chi connectivity index (χ0) is 14.1. The molecule has 5 nitrogen and oxygen atoms in total. The van der Waals surface area contributed by atoms with Crippen LogP contribution in [0.15, 0.2) is 47.6 Å². The summed E-state index contributed by atoms with van der Waals surface area (Å²) in [5, 5.41) is 13.8. The van der Waals surface area contributed by atoms with E-state index in [0.717, 1.165) is 21.8 Å². The summed E-state index contributed by atoms with van der Waals surface area (Å²) in [4.78, 5) is 3.34. The lowest BCUT2D eigenvalue weighted by molar-refractivity contribution is 0.268. The third-order valence-corrected chi connectivity index (χ3v) is 3.33. The van der Waals surface area contributed by atoms with Crippen LogP contribution in [0.2, 0.25) is 0 Å². The average Bonchev–Trinajstić information content (AvgIpc) is 2.85. The predicted molar refractivity (Wildman–Crippen MR) is 79.3 cm³/mol. The number of nitrogens with one attached hydrogen (secondary N) is 1. The highest BCUT2D eigenvalue weighted by Crippen LogP contribution is 2.33. The largest absolute Gasteiger partial charge is 0.482 e. The Kier molecular flexibility index (Phi) is 2.95. The Bertz CT molecular complexity index is 792. The maximum atomic E-state index is 8.71. The minimum atomic E-state index is -0.501. The first-order valence-corrected chi connectivity index (χ1v) is 6.34. The molecule has 3 aromatic rings. The van der Waals surface area contributed by atoms with E-state index in [9.17, 15) is 0 Å². The van der Waals surface area contributed by atoms with Gasteiger partial charge in [0.15, 0.2) is 11.9 Å². The average molecular weight is 269 g/mol. The van der Waals surface area contributed by atoms with Crippen LogP contribution in [-0.4, -0.2) is 22.1 Å². The number of nitrogens with two attached hydrogens (primary N) is 1. The van der Waals surface area contributed by atoms with Crippen molar-refractivity contribution in [2.75, 3.05) is 0 Å². The highest BCUT2D eigenvalue weighted by molar-refractivity contribution is 6.10. The Labute approximate surface area is 115 Å². The van der Waals surface area contributed by atoms with Crippen molar-refractivity contribution in [2.45, 2.75) is 13.0 Å². The summed E-state index contributed by atoms with van der Waals surface area (Å²) in [6.45, 7) is 1.74. The lowest BCUT2D eigenvalue weighted by atomic mass is 10.1. The molecule has 0 fully saturated rings. The van der Waals surface area contributed by atoms with Crippen LogP contribution in [-0.2, 0) is 0 Å². The van der Waals surface area contributed by atoms with E-state index >= 15 is 0 Å². The molecule has 102 valence electrons. The number of fused-ring (bicyclic) bond motifs is 3. The number of aromatic nitrogens is 1. The van der Waals surface area contributed by atoms with Crippen LogP contribution in [0, 0.1) is 0 Å². The lowest BCUT2D eigenvalue weighted by Gasteiger charge is -2.14. The number of hydrogen-bond acceptors (Lipinski definition) is 3. The van der Waals surface area contributed by atoms with Crippen LogP contribution in [0.1, 0.15) is 6.92 Å². The SMILES string of the molecule is CC(Oc1cccc2[nH]c3ccccc3c12)/C(N)=N\O. The van der Waals surface area contributed by atoms with Crippen molar-refractivity contribution in [3.8, 4) is 5.75 Å². The summed E-state index contributed by atoms with van der Waals surface area (Å²) < 4.78 is 5.81. The van der Waals surface area contributed by atoms with E-state index in [1.807, 2.05) is 42.5 Å². The second kappa shape index (κ2) is 4.77. The third kappa shape index (κ3) is 1.93. The van der Waals surface area contributed by atoms with Crippen molar-refractivity contribution in [3.63, 3.8) is 0 Å². The standard InChI is InChI=1S/C15H15N3O2/c1-9(15(16)18-19)20-13-8-4-7-12-14(13)10-5-2-3-6-11(10)17-12/h2-9,17,19H,1H3,(H2,16,18). The minimum Gasteiger partial charge on any atom is -0.482 e. The fourth-order valence-electron chi connectivity index (χ4n) is 2.30. The van der Waals surface area contributed by atoms with Crippen LogP contribution in [0.4, 0.5) is 0 Å². The number of para-hydroxylation sites is 1. The molecular weight excluding hydrogens is 254 g/mol. The smallest absolute Gasteiger partial charge is 0.180 e. The normalized spacial score (nSPS) is 13.8. The second-order valence-electron chi connectivity index (χ2n) is 4.63. The molecule has 4 N–H and O–H groups in total. The van der Waals surface area contributed by atoms with Gasteiger partial charge in [0.05, 0.1) is 5.52 Å². The van der Waals surface area contributed by atoms with E-state index in [1.165, 1.54) is 0 Å². The van der Waals surface area contributed by atoms with E-state index in [0.29, 0.717) is 5.75 Å². The van der Waals surface area contributed by atoms with Gasteiger partial charge in [0.25, 0.3) is 0 Å². The van der Waals surface area contributed by atoms with Crippen LogP contribution >= 0.6 is 0 Å². The number of nitrogens with zero attached hydrogens (tertiary/aromatic N) is 1. The van der Waals surface area contributed by atoms with Crippen LogP contribution in [0.3, 0.4) is 0 Å². The first-order valence-electron chi connectivity index (χ1n) is 6.34. The molecule has 0 spiro atoms. The maximum Gasteiger partial charge on any atom is 0.180 e. The topological polar surface area (TPSA) is 83.6 Å². The summed E-state index contributed by atoms with van der Waals surface area (Å²) in [5.74, 6) is 0.751. The highest BCUT2D eigenvalue weighted by Gasteiger charge is 2.14. The third-order valence-electron chi connectivity index (χ3n) is 3.33. The summed E-state index contributed by atoms with van der Waals surface area (Å²) >= 11 is 0. The van der Waals surface area contributed by atoms with E-state index in [2.05, 4.69) is 10.1 Å². The summed E-state index contributed by atoms with van der Waals surface area (Å²) in [5.41, 5.74) is 7.61. The van der Waals surface area contributed by atoms with E-state index in [1.54, 1.807) is 6.92 Å². The molecule has 5 heteroatoms. The Morgan fingerprint density at radius 3 is 2.75 bits per heavy atom. The first-order chi connectivity index (χ1) is 9.70. The van der Waals surface area contributed by atoms with Crippen LogP contribution in [0.5, 0.6) is 5.75 Å². The second-order valence-corrected chi connectivity index (χ2v) is 4.63. The first kappa shape index (κ1) is 12.3. The zero-order valence-electron chi connectivity index (χ0n) is 11.0. The molecule has 1 atom stereocenters. The molecule has 1 heterocycles. The van der Waals surface area contributed by atoms with Crippen molar-refractivity contribution in [1.82, 2.24) is 4.98 Å². The van der Waals surface area contributed by atoms with Gasteiger partial charge >= 0.3 is 0 Å². The Hall–Kier alpha value is -2.69. The van der Waals surface area contributed by atoms with Crippen molar-refractivity contribution in [3.05, 3.63) is 42.5 Å². The minimum absolute atomic E-state index is 0.0434. The fraction of sp³-hybridized carbons (Fsp3) is 0.133. The fourth-order valence-corrected chi connectivity index (χ4v) is 2.30. The number of oxime groups is 1. The van der Waals surface area contributed by atoms with Gasteiger partial charge in [-0.25, -0.2) is 0 Å². The molecule has 0 saturated heterocycles. The van der Waals surface area contributed by atoms with Crippen molar-refractivity contribution in [1.29, 1.82) is 0 Å². The highest BCUT2D eigenvalue weighted by atomic mass is 16.5. The molecule has 1 aromatic heterocycles. The molecule has 0 aliphatic carbocycles. The summed E-state index contributed by atoms with van der Waals surface area (Å²) in [6, 6.07) is 13.8. The number of amidine groups is 1. The molecule has 1 unspecified atom stereocenters. The molecule has 0 bridgehead atoms. The van der Waals surface area contributed by atoms with Crippen molar-refractivity contribution >= 4 is 27.6 Å². The quantitative estimate of drug-likeness (QED) is 0.296. The molecular formula is C15H15N3O2. The monoisotopic (exact) mass is 269 g/mol. The molecule has 3 rings (SSSR count). The maximum absolute atomic E-state index is 8.71. The number of benzene rings is 2. The van der Waals surface area contributed by atoms with Gasteiger partial charge in [0.1, 0.15) is 5.75 Å². The van der Waals surface area contributed by atoms with Gasteiger partial charge in [-0.3, -0.25) is 0 Å². The van der Waals surface area contributed by atoms with Gasteiger partial charge in [-0.1, -0.05) is 29.4 Å². The summed E-state index contributed by atoms with van der Waals surface area (Å²) in [7, 11) is 0. The molecule has 0 aliphatic rings. The van der Waals surface area contributed by atoms with Gasteiger partial charge in [-0.2, -0.15) is 0 Å². The molecule has 20 heavy (non-hydrogen) atoms. The van der Waals surface area contributed by atoms with Crippen LogP contribution in [0.25, 0.3) is 21.8 Å². The molecule has 2 aromatic carbocycles. The van der Waals surface area contributed by atoms with E-state index in [4.69, 9.17) is 15.7 Å². The number of ether oxygens (including phenoxy) is 1. The van der Waals surface area contributed by atoms with E-state index in [-0.39, 0.29) is 5.84 Å². The van der Waals surface area contributed by atoms with Gasteiger partial charge in [0, 0.05) is 16.3 Å². The summed E-state index contributed by atoms with van der Waals surface area (Å²) in [6.07, 6.45) is -0.501. The van der Waals surface area contributed by atoms with Crippen molar-refractivity contribution in [2.24, 2.45) is 10.9 Å². The Morgan fingerprint density at radius 2 is 1.95 bits per heavy atom. The van der Waals surface area contributed by atoms with Crippen LogP contribution < -0.4 is 10.5 Å². The van der Waals surface area contributed by atoms with E-state index < -0.39 is 6.10 Å². The van der Waals surface area contributed by atoms with Crippen molar-refractivity contribution < 1.29 is 9.94 Å². The zero-order valence-corrected chi connectivity index (χ0v) is 11.0.